The minimum absolute atomic E-state index is 0.276. The van der Waals surface area contributed by atoms with Crippen LogP contribution in [0.4, 0.5) is 5.82 Å². The zero-order chi connectivity index (χ0) is 15.9. The normalized spacial score (nSPS) is 10.1. The Morgan fingerprint density at radius 1 is 1.23 bits per heavy atom. The number of carbonyl (C=O) groups is 2. The average molecular weight is 303 g/mol. The number of aryl methyl sites for hydroxylation is 1. The van der Waals surface area contributed by atoms with Gasteiger partial charge in [-0.1, -0.05) is 17.3 Å². The number of nitrogens with one attached hydrogen (secondary N) is 2. The molecule has 0 aliphatic rings. The van der Waals surface area contributed by atoms with Crippen molar-refractivity contribution in [2.75, 3.05) is 12.4 Å². The van der Waals surface area contributed by atoms with Crippen molar-refractivity contribution in [3.8, 4) is 5.75 Å². The second-order valence-electron chi connectivity index (χ2n) is 4.67. The second-order valence-corrected chi connectivity index (χ2v) is 4.67. The molecule has 0 spiro atoms. The molecular weight excluding hydrogens is 286 g/mol. The standard InChI is InChI=1S/C15H17N3O4/c1-10-7-13(18-22-10)17-15(20)8-14(19)16-9-11-3-5-12(21-2)6-4-11/h3-7H,8-9H2,1-2H3,(H,16,19)(H,17,18,20). The number of carbonyl (C=O) groups excluding carboxylic acids is 2. The Morgan fingerprint density at radius 2 is 1.95 bits per heavy atom. The summed E-state index contributed by atoms with van der Waals surface area (Å²) >= 11 is 0. The number of rotatable bonds is 6. The molecule has 2 rings (SSSR count). The van der Waals surface area contributed by atoms with Crippen LogP contribution >= 0.6 is 0 Å². The smallest absolute Gasteiger partial charge is 0.235 e. The maximum atomic E-state index is 11.7. The minimum atomic E-state index is -0.444. The Labute approximate surface area is 127 Å². The highest BCUT2D eigenvalue weighted by Crippen LogP contribution is 2.11. The van der Waals surface area contributed by atoms with Crippen molar-refractivity contribution in [1.82, 2.24) is 10.5 Å². The van der Waals surface area contributed by atoms with Crippen molar-refractivity contribution in [2.24, 2.45) is 0 Å². The molecule has 2 amide bonds. The Kier molecular flexibility index (Phi) is 5.13. The number of nitrogens with zero attached hydrogens (tertiary/aromatic N) is 1. The third-order valence-electron chi connectivity index (χ3n) is 2.87. The number of hydrogen-bond donors (Lipinski definition) is 2. The lowest BCUT2D eigenvalue weighted by Crippen LogP contribution is -2.27. The van der Waals surface area contributed by atoms with Gasteiger partial charge in [0.25, 0.3) is 0 Å². The number of ether oxygens (including phenoxy) is 1. The lowest BCUT2D eigenvalue weighted by atomic mass is 10.2. The van der Waals surface area contributed by atoms with Gasteiger partial charge in [-0.05, 0) is 24.6 Å². The topological polar surface area (TPSA) is 93.5 Å². The highest BCUT2D eigenvalue weighted by molar-refractivity contribution is 6.03. The Morgan fingerprint density at radius 3 is 2.55 bits per heavy atom. The van der Waals surface area contributed by atoms with Crippen molar-refractivity contribution in [3.63, 3.8) is 0 Å². The van der Waals surface area contributed by atoms with Crippen LogP contribution in [0.2, 0.25) is 0 Å². The molecule has 1 aromatic heterocycles. The number of anilines is 1. The average Bonchev–Trinajstić information content (AvgIpc) is 2.90. The van der Waals surface area contributed by atoms with Crippen LogP contribution in [0.3, 0.4) is 0 Å². The van der Waals surface area contributed by atoms with E-state index in [2.05, 4.69) is 15.8 Å². The predicted molar refractivity (Wildman–Crippen MR) is 79.3 cm³/mol. The summed E-state index contributed by atoms with van der Waals surface area (Å²) in [5, 5.41) is 8.78. The molecule has 0 saturated carbocycles. The van der Waals surface area contributed by atoms with Gasteiger partial charge >= 0.3 is 0 Å². The highest BCUT2D eigenvalue weighted by Gasteiger charge is 2.11. The van der Waals surface area contributed by atoms with Crippen molar-refractivity contribution in [3.05, 3.63) is 41.7 Å². The van der Waals surface area contributed by atoms with Gasteiger partial charge in [0.15, 0.2) is 5.82 Å². The van der Waals surface area contributed by atoms with Crippen LogP contribution in [0.15, 0.2) is 34.9 Å². The van der Waals surface area contributed by atoms with Gasteiger partial charge in [-0.3, -0.25) is 9.59 Å². The molecule has 7 heteroatoms. The predicted octanol–water partition coefficient (Wildman–Crippen LogP) is 1.64. The van der Waals surface area contributed by atoms with Gasteiger partial charge in [0.2, 0.25) is 11.8 Å². The third-order valence-corrected chi connectivity index (χ3v) is 2.87. The monoisotopic (exact) mass is 303 g/mol. The summed E-state index contributed by atoms with van der Waals surface area (Å²) in [7, 11) is 1.59. The van der Waals surface area contributed by atoms with Crippen molar-refractivity contribution in [1.29, 1.82) is 0 Å². The second kappa shape index (κ2) is 7.26. The fourth-order valence-corrected chi connectivity index (χ4v) is 1.76. The van der Waals surface area contributed by atoms with Gasteiger partial charge in [0.1, 0.15) is 17.9 Å². The molecule has 0 radical (unpaired) electrons. The zero-order valence-corrected chi connectivity index (χ0v) is 12.4. The van der Waals surface area contributed by atoms with E-state index in [1.165, 1.54) is 0 Å². The first-order valence-electron chi connectivity index (χ1n) is 6.69. The van der Waals surface area contributed by atoms with Crippen LogP contribution in [-0.2, 0) is 16.1 Å². The van der Waals surface area contributed by atoms with Gasteiger partial charge in [0, 0.05) is 12.6 Å². The maximum Gasteiger partial charge on any atom is 0.235 e. The lowest BCUT2D eigenvalue weighted by Gasteiger charge is -2.06. The molecule has 116 valence electrons. The van der Waals surface area contributed by atoms with E-state index in [-0.39, 0.29) is 12.3 Å². The summed E-state index contributed by atoms with van der Waals surface area (Å²) < 4.78 is 9.87. The molecule has 2 N–H and O–H groups in total. The van der Waals surface area contributed by atoms with E-state index in [1.807, 2.05) is 12.1 Å². The van der Waals surface area contributed by atoms with Gasteiger partial charge < -0.3 is 19.9 Å². The number of benzene rings is 1. The Balaban J connectivity index is 1.76. The molecule has 7 nitrogen and oxygen atoms in total. The molecule has 2 aromatic rings. The summed E-state index contributed by atoms with van der Waals surface area (Å²) in [6.07, 6.45) is -0.276. The largest absolute Gasteiger partial charge is 0.497 e. The first-order valence-corrected chi connectivity index (χ1v) is 6.69. The van der Waals surface area contributed by atoms with Crippen LogP contribution in [0.1, 0.15) is 17.7 Å². The molecule has 1 aromatic carbocycles. The first kappa shape index (κ1) is 15.6. The molecule has 0 unspecified atom stereocenters. The first-order chi connectivity index (χ1) is 10.6. The quantitative estimate of drug-likeness (QED) is 0.791. The summed E-state index contributed by atoms with van der Waals surface area (Å²) in [6.45, 7) is 2.06. The summed E-state index contributed by atoms with van der Waals surface area (Å²) in [4.78, 5) is 23.4. The summed E-state index contributed by atoms with van der Waals surface area (Å²) in [6, 6.07) is 8.88. The van der Waals surface area contributed by atoms with Crippen molar-refractivity contribution >= 4 is 17.6 Å². The van der Waals surface area contributed by atoms with Crippen molar-refractivity contribution < 1.29 is 18.8 Å². The molecule has 0 fully saturated rings. The molecule has 22 heavy (non-hydrogen) atoms. The number of hydrogen-bond acceptors (Lipinski definition) is 5. The molecule has 0 saturated heterocycles. The van der Waals surface area contributed by atoms with Crippen LogP contribution in [0, 0.1) is 6.92 Å². The zero-order valence-electron chi connectivity index (χ0n) is 12.4. The molecular formula is C15H17N3O4. The van der Waals surface area contributed by atoms with Crippen LogP contribution < -0.4 is 15.4 Å². The van der Waals surface area contributed by atoms with E-state index in [4.69, 9.17) is 9.26 Å². The molecule has 0 aliphatic heterocycles. The summed E-state index contributed by atoms with van der Waals surface area (Å²) in [5.41, 5.74) is 0.918. The van der Waals surface area contributed by atoms with Gasteiger partial charge in [0.05, 0.1) is 7.11 Å². The Bertz CT molecular complexity index is 649. The van der Waals surface area contributed by atoms with E-state index in [0.717, 1.165) is 11.3 Å². The molecule has 0 atom stereocenters. The van der Waals surface area contributed by atoms with E-state index in [1.54, 1.807) is 32.2 Å². The van der Waals surface area contributed by atoms with Gasteiger partial charge in [-0.2, -0.15) is 0 Å². The van der Waals surface area contributed by atoms with E-state index < -0.39 is 5.91 Å². The lowest BCUT2D eigenvalue weighted by molar-refractivity contribution is -0.126. The molecule has 1 heterocycles. The molecule has 0 bridgehead atoms. The maximum absolute atomic E-state index is 11.7. The minimum Gasteiger partial charge on any atom is -0.497 e. The Hall–Kier alpha value is -2.83. The van der Waals surface area contributed by atoms with Gasteiger partial charge in [-0.25, -0.2) is 0 Å². The van der Waals surface area contributed by atoms with Gasteiger partial charge in [-0.15, -0.1) is 0 Å². The van der Waals surface area contributed by atoms with E-state index >= 15 is 0 Å². The number of methoxy groups -OCH3 is 1. The fraction of sp³-hybridized carbons (Fsp3) is 0.267. The summed E-state index contributed by atoms with van der Waals surface area (Å²) in [5.74, 6) is 0.816. The third kappa shape index (κ3) is 4.62. The van der Waals surface area contributed by atoms with Crippen molar-refractivity contribution in [2.45, 2.75) is 19.9 Å². The van der Waals surface area contributed by atoms with Crippen LogP contribution in [0.25, 0.3) is 0 Å². The van der Waals surface area contributed by atoms with Crippen LogP contribution in [0.5, 0.6) is 5.75 Å². The number of amides is 2. The fourth-order valence-electron chi connectivity index (χ4n) is 1.76. The highest BCUT2D eigenvalue weighted by atomic mass is 16.5. The molecule has 0 aliphatic carbocycles. The SMILES string of the molecule is COc1ccc(CNC(=O)CC(=O)Nc2cc(C)on2)cc1. The van der Waals surface area contributed by atoms with Crippen LogP contribution in [-0.4, -0.2) is 24.1 Å². The van der Waals surface area contributed by atoms with E-state index in [0.29, 0.717) is 18.1 Å². The number of aromatic nitrogens is 1. The van der Waals surface area contributed by atoms with E-state index in [9.17, 15) is 9.59 Å².